The molecule has 3 aliphatic carbocycles. The number of aryl methyl sites for hydroxylation is 1. The average Bonchev–Trinajstić information content (AvgIpc) is 2.82. The van der Waals surface area contributed by atoms with E-state index in [1.54, 1.807) is 11.1 Å². The molecule has 0 heterocycles. The highest BCUT2D eigenvalue weighted by atomic mass is 127. The van der Waals surface area contributed by atoms with Gasteiger partial charge in [-0.1, -0.05) is 28.8 Å². The summed E-state index contributed by atoms with van der Waals surface area (Å²) in [4.78, 5) is 1.43. The molecule has 4 rings (SSSR count). The molecule has 114 valence electrons. The molecule has 0 bridgehead atoms. The summed E-state index contributed by atoms with van der Waals surface area (Å²) in [7, 11) is 1.86. The van der Waals surface area contributed by atoms with Crippen molar-refractivity contribution in [3.05, 3.63) is 29.3 Å². The van der Waals surface area contributed by atoms with Gasteiger partial charge in [0.1, 0.15) is 0 Å². The molecule has 3 aliphatic rings. The largest absolute Gasteiger partial charge is 0.0620 e. The number of rotatable bonds is 1. The molecule has 1 aromatic carbocycles. The van der Waals surface area contributed by atoms with Crippen molar-refractivity contribution in [3.8, 4) is 0 Å². The lowest BCUT2D eigenvalue weighted by atomic mass is 9.54. The minimum absolute atomic E-state index is 0.649. The van der Waals surface area contributed by atoms with E-state index in [2.05, 4.69) is 53.3 Å². The molecule has 0 spiro atoms. The molecule has 0 amide bonds. The second-order valence-electron chi connectivity index (χ2n) is 7.88. The molecule has 2 saturated carbocycles. The molecule has 0 N–H and O–H groups in total. The lowest BCUT2D eigenvalue weighted by Crippen LogP contribution is -2.41. The van der Waals surface area contributed by atoms with E-state index in [1.807, 2.05) is 8.93 Å². The summed E-state index contributed by atoms with van der Waals surface area (Å²) in [6, 6.07) is 7.28. The Kier molecular flexibility index (Phi) is 3.85. The van der Waals surface area contributed by atoms with E-state index in [0.717, 1.165) is 23.7 Å². The third-order valence-electron chi connectivity index (χ3n) is 7.26. The smallest absolute Gasteiger partial charge is 0.0181 e. The van der Waals surface area contributed by atoms with Crippen LogP contribution in [0.5, 0.6) is 0 Å². The maximum absolute atomic E-state index is 2.61. The molecule has 5 unspecified atom stereocenters. The second-order valence-corrected chi connectivity index (χ2v) is 9.82. The zero-order chi connectivity index (χ0) is 14.6. The molecule has 1 aromatic rings. The van der Waals surface area contributed by atoms with E-state index in [0.29, 0.717) is 5.41 Å². The molecule has 0 radical (unpaired) electrons. The fourth-order valence-corrected chi connectivity index (χ4v) is 7.00. The standard InChI is InChI=1S/C19H25IS/c1-12-3-8-18-17-6-4-13-11-14(21-20)5-7-15(13)16(17)9-10-19(12,18)2/h5,7,11-12,16-18H,3-4,6,8-10H2,1-2H3. The molecular formula is C19H25IS. The number of hydrogen-bond donors (Lipinski definition) is 0. The van der Waals surface area contributed by atoms with Crippen LogP contribution >= 0.6 is 30.1 Å². The van der Waals surface area contributed by atoms with Crippen LogP contribution in [0.15, 0.2) is 23.1 Å². The Labute approximate surface area is 145 Å². The monoisotopic (exact) mass is 412 g/mol. The number of halogens is 1. The Hall–Kier alpha value is 0.300. The highest BCUT2D eigenvalue weighted by Crippen LogP contribution is 2.62. The topological polar surface area (TPSA) is 0 Å². The molecule has 0 saturated heterocycles. The highest BCUT2D eigenvalue weighted by Gasteiger charge is 2.53. The highest BCUT2D eigenvalue weighted by molar-refractivity contribution is 14.2. The van der Waals surface area contributed by atoms with Gasteiger partial charge in [-0.15, -0.1) is 0 Å². The van der Waals surface area contributed by atoms with Crippen LogP contribution in [-0.2, 0) is 6.42 Å². The summed E-state index contributed by atoms with van der Waals surface area (Å²) in [5.41, 5.74) is 4.02. The van der Waals surface area contributed by atoms with Gasteiger partial charge in [-0.3, -0.25) is 0 Å². The molecular weight excluding hydrogens is 387 g/mol. The predicted octanol–water partition coefficient (Wildman–Crippen LogP) is 6.62. The van der Waals surface area contributed by atoms with Gasteiger partial charge < -0.3 is 0 Å². The summed E-state index contributed by atoms with van der Waals surface area (Å²) in [6.45, 7) is 5.12. The Balaban J connectivity index is 1.68. The first-order valence-corrected chi connectivity index (χ1v) is 11.9. The van der Waals surface area contributed by atoms with Crippen LogP contribution in [0, 0.1) is 23.2 Å². The Morgan fingerprint density at radius 1 is 1.19 bits per heavy atom. The SMILES string of the molecule is CC1CCC2C3CCc4cc(SI)ccc4C3CCC12C. The molecule has 0 nitrogen and oxygen atoms in total. The van der Waals surface area contributed by atoms with Gasteiger partial charge in [0.2, 0.25) is 0 Å². The molecule has 5 atom stereocenters. The van der Waals surface area contributed by atoms with Gasteiger partial charge in [0, 0.05) is 26.1 Å². The zero-order valence-electron chi connectivity index (χ0n) is 13.1. The summed E-state index contributed by atoms with van der Waals surface area (Å²) in [5, 5.41) is 0. The van der Waals surface area contributed by atoms with Crippen molar-refractivity contribution >= 4 is 30.1 Å². The number of hydrogen-bond acceptors (Lipinski definition) is 1. The van der Waals surface area contributed by atoms with Crippen molar-refractivity contribution in [2.75, 3.05) is 0 Å². The first kappa shape index (κ1) is 14.9. The third-order valence-corrected chi connectivity index (χ3v) is 9.22. The van der Waals surface area contributed by atoms with E-state index < -0.39 is 0 Å². The van der Waals surface area contributed by atoms with Gasteiger partial charge in [-0.25, -0.2) is 0 Å². The van der Waals surface area contributed by atoms with E-state index in [4.69, 9.17) is 0 Å². The quantitative estimate of drug-likeness (QED) is 0.467. The summed E-state index contributed by atoms with van der Waals surface area (Å²) >= 11 is 2.41. The Bertz CT molecular complexity index is 554. The molecule has 2 heteroatoms. The van der Waals surface area contributed by atoms with Crippen LogP contribution in [0.1, 0.15) is 63.0 Å². The van der Waals surface area contributed by atoms with Crippen LogP contribution in [0.4, 0.5) is 0 Å². The summed E-state index contributed by atoms with van der Waals surface area (Å²) in [6.07, 6.45) is 8.63. The first-order valence-electron chi connectivity index (χ1n) is 8.55. The minimum atomic E-state index is 0.649. The maximum Gasteiger partial charge on any atom is 0.0181 e. The van der Waals surface area contributed by atoms with Gasteiger partial charge >= 0.3 is 0 Å². The molecule has 21 heavy (non-hydrogen) atoms. The summed E-state index contributed by atoms with van der Waals surface area (Å²) < 4.78 is 0. The van der Waals surface area contributed by atoms with Crippen molar-refractivity contribution in [3.63, 3.8) is 0 Å². The van der Waals surface area contributed by atoms with Crippen LogP contribution in [0.2, 0.25) is 0 Å². The number of fused-ring (bicyclic) bond motifs is 5. The Morgan fingerprint density at radius 2 is 2.05 bits per heavy atom. The van der Waals surface area contributed by atoms with Gasteiger partial charge in [-0.2, -0.15) is 0 Å². The van der Waals surface area contributed by atoms with Gasteiger partial charge in [0.25, 0.3) is 0 Å². The van der Waals surface area contributed by atoms with E-state index in [1.165, 1.54) is 43.4 Å². The number of benzene rings is 1. The fourth-order valence-electron chi connectivity index (χ4n) is 5.87. The van der Waals surface area contributed by atoms with E-state index >= 15 is 0 Å². The molecule has 2 fully saturated rings. The Morgan fingerprint density at radius 3 is 2.86 bits per heavy atom. The van der Waals surface area contributed by atoms with Gasteiger partial charge in [0.05, 0.1) is 0 Å². The van der Waals surface area contributed by atoms with E-state index in [-0.39, 0.29) is 0 Å². The van der Waals surface area contributed by atoms with Gasteiger partial charge in [0.15, 0.2) is 0 Å². The van der Waals surface area contributed by atoms with Crippen molar-refractivity contribution in [2.45, 2.75) is 63.2 Å². The van der Waals surface area contributed by atoms with Crippen LogP contribution in [0.25, 0.3) is 0 Å². The van der Waals surface area contributed by atoms with Crippen molar-refractivity contribution in [1.29, 1.82) is 0 Å². The van der Waals surface area contributed by atoms with E-state index in [9.17, 15) is 0 Å². The zero-order valence-corrected chi connectivity index (χ0v) is 16.0. The second kappa shape index (κ2) is 5.43. The summed E-state index contributed by atoms with van der Waals surface area (Å²) in [5.74, 6) is 3.78. The molecule has 0 aliphatic heterocycles. The normalized spacial score (nSPS) is 41.3. The third kappa shape index (κ3) is 2.22. The van der Waals surface area contributed by atoms with Gasteiger partial charge in [-0.05, 0) is 90.9 Å². The average molecular weight is 412 g/mol. The lowest BCUT2D eigenvalue weighted by molar-refractivity contribution is 0.0336. The van der Waals surface area contributed by atoms with Crippen LogP contribution in [0.3, 0.4) is 0 Å². The molecule has 0 aromatic heterocycles. The van der Waals surface area contributed by atoms with Crippen LogP contribution in [-0.4, -0.2) is 0 Å². The predicted molar refractivity (Wildman–Crippen MR) is 100 cm³/mol. The fraction of sp³-hybridized carbons (Fsp3) is 0.684. The first-order chi connectivity index (χ1) is 10.1. The minimum Gasteiger partial charge on any atom is -0.0620 e. The van der Waals surface area contributed by atoms with Crippen molar-refractivity contribution in [2.24, 2.45) is 23.2 Å². The van der Waals surface area contributed by atoms with Crippen molar-refractivity contribution in [1.82, 2.24) is 0 Å². The van der Waals surface area contributed by atoms with Crippen molar-refractivity contribution < 1.29 is 0 Å². The van der Waals surface area contributed by atoms with Crippen LogP contribution < -0.4 is 0 Å². The maximum atomic E-state index is 2.61. The lowest BCUT2D eigenvalue weighted by Gasteiger charge is -2.50.